The molecule has 5 heteroatoms. The van der Waals surface area contributed by atoms with Gasteiger partial charge in [0.05, 0.1) is 17.3 Å². The van der Waals surface area contributed by atoms with Crippen molar-refractivity contribution in [3.05, 3.63) is 59.0 Å². The molecule has 3 unspecified atom stereocenters. The highest BCUT2D eigenvalue weighted by Gasteiger charge is 2.32. The van der Waals surface area contributed by atoms with Crippen LogP contribution in [-0.4, -0.2) is 28.9 Å². The number of hydrogen-bond acceptors (Lipinski definition) is 5. The fourth-order valence-corrected chi connectivity index (χ4v) is 3.72. The van der Waals surface area contributed by atoms with Gasteiger partial charge in [-0.15, -0.1) is 11.3 Å². The van der Waals surface area contributed by atoms with Crippen molar-refractivity contribution in [2.75, 3.05) is 6.61 Å². The number of aliphatic hydroxyl groups excluding tert-OH is 1. The zero-order chi connectivity index (χ0) is 16.4. The molecule has 2 heterocycles. The lowest BCUT2D eigenvalue weighted by Crippen LogP contribution is -2.36. The molecule has 2 aromatic carbocycles. The summed E-state index contributed by atoms with van der Waals surface area (Å²) in [6.45, 7) is 0.547. The van der Waals surface area contributed by atoms with Gasteiger partial charge >= 0.3 is 0 Å². The molecule has 1 aromatic heterocycles. The number of aromatic nitrogens is 1. The van der Waals surface area contributed by atoms with Crippen molar-refractivity contribution < 1.29 is 14.6 Å². The lowest BCUT2D eigenvalue weighted by Gasteiger charge is -2.32. The van der Waals surface area contributed by atoms with E-state index in [2.05, 4.69) is 23.2 Å². The maximum Gasteiger partial charge on any atom is 0.167 e. The van der Waals surface area contributed by atoms with Gasteiger partial charge in [0.1, 0.15) is 11.9 Å². The third-order valence-corrected chi connectivity index (χ3v) is 4.98. The second-order valence-electron chi connectivity index (χ2n) is 6.02. The Labute approximate surface area is 144 Å². The van der Waals surface area contributed by atoms with Crippen LogP contribution in [0.4, 0.5) is 0 Å². The Balaban J connectivity index is 1.69. The number of ether oxygens (including phenoxy) is 2. The van der Waals surface area contributed by atoms with Crippen LogP contribution in [0.25, 0.3) is 10.8 Å². The third-order valence-electron chi connectivity index (χ3n) is 4.37. The van der Waals surface area contributed by atoms with E-state index in [0.29, 0.717) is 19.4 Å². The topological polar surface area (TPSA) is 51.6 Å². The quantitative estimate of drug-likeness (QED) is 0.780. The number of benzene rings is 2. The number of thiazole rings is 1. The maximum absolute atomic E-state index is 10.0. The minimum absolute atomic E-state index is 0.199. The first-order valence-corrected chi connectivity index (χ1v) is 9.08. The zero-order valence-corrected chi connectivity index (χ0v) is 14.0. The molecule has 0 spiro atoms. The number of hydrogen-bond donors (Lipinski definition) is 1. The van der Waals surface area contributed by atoms with E-state index >= 15 is 0 Å². The normalized spacial score (nSPS) is 22.4. The molecule has 1 N–H and O–H groups in total. The molecule has 1 aliphatic rings. The van der Waals surface area contributed by atoms with Gasteiger partial charge < -0.3 is 14.6 Å². The first-order chi connectivity index (χ1) is 11.8. The van der Waals surface area contributed by atoms with Crippen molar-refractivity contribution in [2.24, 2.45) is 0 Å². The van der Waals surface area contributed by atoms with E-state index in [-0.39, 0.29) is 18.3 Å². The van der Waals surface area contributed by atoms with Gasteiger partial charge in [-0.1, -0.05) is 36.4 Å². The van der Waals surface area contributed by atoms with Crippen LogP contribution in [0.2, 0.25) is 0 Å². The van der Waals surface area contributed by atoms with Gasteiger partial charge in [-0.3, -0.25) is 0 Å². The van der Waals surface area contributed by atoms with Crippen molar-refractivity contribution in [1.82, 2.24) is 4.98 Å². The summed E-state index contributed by atoms with van der Waals surface area (Å²) < 4.78 is 12.3. The maximum atomic E-state index is 10.0. The Bertz CT molecular complexity index is 800. The van der Waals surface area contributed by atoms with Crippen LogP contribution >= 0.6 is 11.3 Å². The highest BCUT2D eigenvalue weighted by Crippen LogP contribution is 2.34. The fraction of sp³-hybridized carbons (Fsp3) is 0.316. The van der Waals surface area contributed by atoms with Crippen molar-refractivity contribution >= 4 is 22.1 Å². The fourth-order valence-electron chi connectivity index (χ4n) is 3.14. The van der Waals surface area contributed by atoms with E-state index < -0.39 is 0 Å². The second-order valence-corrected chi connectivity index (χ2v) is 6.74. The Morgan fingerprint density at radius 3 is 2.92 bits per heavy atom. The standard InChI is InChI=1S/C19H19NO3S/c21-14-8-9-22-18(10-14)19(16-11-24-12-20-16)23-17-7-3-5-13-4-1-2-6-15(13)17/h1-7,11-12,14,18-19,21H,8-10H2. The van der Waals surface area contributed by atoms with Gasteiger partial charge in [-0.25, -0.2) is 4.98 Å². The van der Waals surface area contributed by atoms with E-state index in [1.54, 1.807) is 5.51 Å². The van der Waals surface area contributed by atoms with E-state index in [0.717, 1.165) is 22.2 Å². The van der Waals surface area contributed by atoms with Crippen LogP contribution in [-0.2, 0) is 4.74 Å². The third kappa shape index (κ3) is 3.15. The summed E-state index contributed by atoms with van der Waals surface area (Å²) >= 11 is 1.54. The van der Waals surface area contributed by atoms with Crippen molar-refractivity contribution in [3.63, 3.8) is 0 Å². The van der Waals surface area contributed by atoms with Crippen molar-refractivity contribution in [2.45, 2.75) is 31.2 Å². The molecule has 1 saturated heterocycles. The van der Waals surface area contributed by atoms with Crippen LogP contribution in [0.15, 0.2) is 53.4 Å². The average Bonchev–Trinajstić information content (AvgIpc) is 3.14. The number of rotatable bonds is 4. The largest absolute Gasteiger partial charge is 0.481 e. The molecule has 0 saturated carbocycles. The summed E-state index contributed by atoms with van der Waals surface area (Å²) in [5.41, 5.74) is 2.65. The van der Waals surface area contributed by atoms with Gasteiger partial charge in [0.25, 0.3) is 0 Å². The average molecular weight is 341 g/mol. The highest BCUT2D eigenvalue weighted by atomic mass is 32.1. The molecule has 4 nitrogen and oxygen atoms in total. The molecule has 1 aliphatic heterocycles. The van der Waals surface area contributed by atoms with Crippen LogP contribution in [0.3, 0.4) is 0 Å². The van der Waals surface area contributed by atoms with Crippen molar-refractivity contribution in [1.29, 1.82) is 0 Å². The zero-order valence-electron chi connectivity index (χ0n) is 13.2. The van der Waals surface area contributed by atoms with Crippen LogP contribution in [0.5, 0.6) is 5.75 Å². The predicted molar refractivity (Wildman–Crippen MR) is 94.4 cm³/mol. The summed E-state index contributed by atoms with van der Waals surface area (Å²) in [4.78, 5) is 4.42. The molecule has 4 rings (SSSR count). The molecular weight excluding hydrogens is 322 g/mol. The summed E-state index contributed by atoms with van der Waals surface area (Å²) in [5.74, 6) is 0.815. The highest BCUT2D eigenvalue weighted by molar-refractivity contribution is 7.07. The van der Waals surface area contributed by atoms with E-state index in [4.69, 9.17) is 9.47 Å². The molecule has 0 radical (unpaired) electrons. The van der Waals surface area contributed by atoms with E-state index in [1.807, 2.05) is 29.6 Å². The Morgan fingerprint density at radius 2 is 2.08 bits per heavy atom. The molecule has 3 aromatic rings. The summed E-state index contributed by atoms with van der Waals surface area (Å²) in [6, 6.07) is 14.2. The molecule has 0 amide bonds. The van der Waals surface area contributed by atoms with Gasteiger partial charge in [-0.2, -0.15) is 0 Å². The minimum Gasteiger partial charge on any atom is -0.481 e. The van der Waals surface area contributed by atoms with Gasteiger partial charge in [0.2, 0.25) is 0 Å². The Kier molecular flexibility index (Phi) is 4.47. The summed E-state index contributed by atoms with van der Waals surface area (Å²) in [6.07, 6.45) is 0.370. The summed E-state index contributed by atoms with van der Waals surface area (Å²) in [5, 5.41) is 14.2. The molecule has 124 valence electrons. The Morgan fingerprint density at radius 1 is 1.21 bits per heavy atom. The van der Waals surface area contributed by atoms with Crippen LogP contribution in [0, 0.1) is 0 Å². The van der Waals surface area contributed by atoms with E-state index in [9.17, 15) is 5.11 Å². The SMILES string of the molecule is OC1CCOC(C(Oc2cccc3ccccc23)c2cscn2)C1. The van der Waals surface area contributed by atoms with Crippen LogP contribution in [0.1, 0.15) is 24.6 Å². The van der Waals surface area contributed by atoms with Crippen LogP contribution < -0.4 is 4.74 Å². The number of fused-ring (bicyclic) bond motifs is 1. The molecule has 1 fully saturated rings. The number of aliphatic hydroxyl groups is 1. The van der Waals surface area contributed by atoms with Gasteiger partial charge in [-0.05, 0) is 17.9 Å². The minimum atomic E-state index is -0.346. The first kappa shape index (κ1) is 15.6. The van der Waals surface area contributed by atoms with Gasteiger partial charge in [0.15, 0.2) is 6.10 Å². The first-order valence-electron chi connectivity index (χ1n) is 8.13. The Hall–Kier alpha value is -1.95. The predicted octanol–water partition coefficient (Wildman–Crippen LogP) is 3.96. The van der Waals surface area contributed by atoms with Crippen molar-refractivity contribution in [3.8, 4) is 5.75 Å². The molecule has 24 heavy (non-hydrogen) atoms. The molecule has 0 bridgehead atoms. The number of nitrogens with zero attached hydrogens (tertiary/aromatic N) is 1. The second kappa shape index (κ2) is 6.89. The molecule has 3 atom stereocenters. The smallest absolute Gasteiger partial charge is 0.167 e. The monoisotopic (exact) mass is 341 g/mol. The molecular formula is C19H19NO3S. The summed E-state index contributed by atoms with van der Waals surface area (Å²) in [7, 11) is 0. The molecule has 0 aliphatic carbocycles. The van der Waals surface area contributed by atoms with Gasteiger partial charge in [0, 0.05) is 23.8 Å². The lowest BCUT2D eigenvalue weighted by atomic mass is 10.00. The lowest BCUT2D eigenvalue weighted by molar-refractivity contribution is -0.0914. The van der Waals surface area contributed by atoms with E-state index in [1.165, 1.54) is 11.3 Å².